The van der Waals surface area contributed by atoms with Crippen LogP contribution in [0.2, 0.25) is 0 Å². The van der Waals surface area contributed by atoms with Crippen LogP contribution in [0, 0.1) is 0 Å². The molecule has 1 saturated carbocycles. The van der Waals surface area contributed by atoms with Gasteiger partial charge in [0.25, 0.3) is 0 Å². The largest absolute Gasteiger partial charge is 0.360 e. The molecule has 3 nitrogen and oxygen atoms in total. The summed E-state index contributed by atoms with van der Waals surface area (Å²) in [5.74, 6) is 0. The summed E-state index contributed by atoms with van der Waals surface area (Å²) in [6.07, 6.45) is 3.78. The minimum absolute atomic E-state index is 0.559. The van der Waals surface area contributed by atoms with Gasteiger partial charge in [0, 0.05) is 18.6 Å². The lowest BCUT2D eigenvalue weighted by Gasteiger charge is -2.15. The minimum atomic E-state index is 0.559. The summed E-state index contributed by atoms with van der Waals surface area (Å²) in [5, 5.41) is 7.51. The second-order valence-electron chi connectivity index (χ2n) is 4.14. The van der Waals surface area contributed by atoms with Crippen LogP contribution in [0.25, 0.3) is 0 Å². The summed E-state index contributed by atoms with van der Waals surface area (Å²) < 4.78 is 0. The highest BCUT2D eigenvalue weighted by atomic mass is 32.1. The maximum atomic E-state index is 5.20. The minimum Gasteiger partial charge on any atom is -0.360 e. The van der Waals surface area contributed by atoms with Crippen LogP contribution in [0.1, 0.15) is 19.3 Å². The summed E-state index contributed by atoms with van der Waals surface area (Å²) in [7, 11) is 2.15. The standard InChI is InChI=1S/C9H17N3S/c1-12-5-4-8(6-12)11-9(13)10-7-2-3-7/h7-8H,2-6H2,1H3,(H2,10,11,13). The Morgan fingerprint density at radius 3 is 2.46 bits per heavy atom. The van der Waals surface area contributed by atoms with Crippen LogP contribution in [0.15, 0.2) is 0 Å². The van der Waals surface area contributed by atoms with Gasteiger partial charge in [0.2, 0.25) is 0 Å². The van der Waals surface area contributed by atoms with E-state index in [1.165, 1.54) is 25.8 Å². The van der Waals surface area contributed by atoms with Crippen molar-refractivity contribution in [3.8, 4) is 0 Å². The molecule has 1 aliphatic heterocycles. The van der Waals surface area contributed by atoms with Crippen molar-refractivity contribution in [3.63, 3.8) is 0 Å². The van der Waals surface area contributed by atoms with E-state index in [4.69, 9.17) is 12.2 Å². The number of likely N-dealkylation sites (tertiary alicyclic amines) is 1. The Morgan fingerprint density at radius 1 is 1.23 bits per heavy atom. The molecule has 1 saturated heterocycles. The predicted molar refractivity (Wildman–Crippen MR) is 57.8 cm³/mol. The highest BCUT2D eigenvalue weighted by Gasteiger charge is 2.24. The fraction of sp³-hybridized carbons (Fsp3) is 0.889. The Kier molecular flexibility index (Phi) is 2.69. The third kappa shape index (κ3) is 2.81. The molecule has 1 unspecified atom stereocenters. The van der Waals surface area contributed by atoms with E-state index in [1.54, 1.807) is 0 Å². The van der Waals surface area contributed by atoms with Crippen molar-refractivity contribution in [3.05, 3.63) is 0 Å². The van der Waals surface area contributed by atoms with Crippen molar-refractivity contribution in [1.29, 1.82) is 0 Å². The Morgan fingerprint density at radius 2 is 1.92 bits per heavy atom. The van der Waals surface area contributed by atoms with E-state index < -0.39 is 0 Å². The van der Waals surface area contributed by atoms with Crippen molar-refractivity contribution >= 4 is 17.3 Å². The first-order valence-corrected chi connectivity index (χ1v) is 5.40. The Bertz CT molecular complexity index is 203. The van der Waals surface area contributed by atoms with Gasteiger partial charge in [0.1, 0.15) is 0 Å². The fourth-order valence-corrected chi connectivity index (χ4v) is 2.03. The molecule has 2 fully saturated rings. The van der Waals surface area contributed by atoms with Gasteiger partial charge in [-0.15, -0.1) is 0 Å². The molecule has 4 heteroatoms. The van der Waals surface area contributed by atoms with Crippen LogP contribution in [0.3, 0.4) is 0 Å². The first-order valence-electron chi connectivity index (χ1n) is 4.99. The number of nitrogens with one attached hydrogen (secondary N) is 2. The number of hydrogen-bond donors (Lipinski definition) is 2. The van der Waals surface area contributed by atoms with Crippen LogP contribution in [0.5, 0.6) is 0 Å². The zero-order chi connectivity index (χ0) is 9.26. The smallest absolute Gasteiger partial charge is 0.166 e. The van der Waals surface area contributed by atoms with Crippen molar-refractivity contribution < 1.29 is 0 Å². The number of rotatable bonds is 2. The molecule has 1 heterocycles. The molecule has 0 bridgehead atoms. The van der Waals surface area contributed by atoms with E-state index in [9.17, 15) is 0 Å². The molecule has 0 radical (unpaired) electrons. The van der Waals surface area contributed by atoms with E-state index in [2.05, 4.69) is 22.6 Å². The average molecular weight is 199 g/mol. The van der Waals surface area contributed by atoms with Gasteiger partial charge in [-0.25, -0.2) is 0 Å². The lowest BCUT2D eigenvalue weighted by atomic mass is 10.3. The van der Waals surface area contributed by atoms with Gasteiger partial charge in [-0.3, -0.25) is 0 Å². The molecular formula is C9H17N3S. The van der Waals surface area contributed by atoms with Crippen molar-refractivity contribution in [2.24, 2.45) is 0 Å². The normalized spacial score (nSPS) is 28.8. The number of likely N-dealkylation sites (N-methyl/N-ethyl adjacent to an activating group) is 1. The topological polar surface area (TPSA) is 27.3 Å². The van der Waals surface area contributed by atoms with Gasteiger partial charge in [0.05, 0.1) is 0 Å². The zero-order valence-electron chi connectivity index (χ0n) is 8.05. The highest BCUT2D eigenvalue weighted by molar-refractivity contribution is 7.80. The maximum absolute atomic E-state index is 5.20. The molecule has 0 spiro atoms. The van der Waals surface area contributed by atoms with E-state index in [0.29, 0.717) is 12.1 Å². The Balaban J connectivity index is 1.67. The SMILES string of the molecule is CN1CCC(NC(=S)NC2CC2)C1. The third-order valence-corrected chi connectivity index (χ3v) is 2.87. The molecule has 1 atom stereocenters. The van der Waals surface area contributed by atoms with Gasteiger partial charge >= 0.3 is 0 Å². The van der Waals surface area contributed by atoms with Crippen LogP contribution in [0.4, 0.5) is 0 Å². The number of hydrogen-bond acceptors (Lipinski definition) is 2. The molecule has 0 aromatic carbocycles. The monoisotopic (exact) mass is 199 g/mol. The first-order chi connectivity index (χ1) is 6.24. The lowest BCUT2D eigenvalue weighted by molar-refractivity contribution is 0.407. The highest BCUT2D eigenvalue weighted by Crippen LogP contribution is 2.18. The molecule has 0 amide bonds. The molecular weight excluding hydrogens is 182 g/mol. The van der Waals surface area contributed by atoms with Crippen LogP contribution in [-0.2, 0) is 0 Å². The zero-order valence-corrected chi connectivity index (χ0v) is 8.86. The molecule has 13 heavy (non-hydrogen) atoms. The summed E-state index contributed by atoms with van der Waals surface area (Å²) in [4.78, 5) is 2.33. The summed E-state index contributed by atoms with van der Waals surface area (Å²) in [5.41, 5.74) is 0. The predicted octanol–water partition coefficient (Wildman–Crippen LogP) is 0.317. The van der Waals surface area contributed by atoms with E-state index in [1.807, 2.05) is 0 Å². The second kappa shape index (κ2) is 3.80. The molecule has 1 aliphatic carbocycles. The quantitative estimate of drug-likeness (QED) is 0.626. The number of nitrogens with zero attached hydrogens (tertiary/aromatic N) is 1. The summed E-state index contributed by atoms with van der Waals surface area (Å²) in [6.45, 7) is 2.30. The van der Waals surface area contributed by atoms with E-state index >= 15 is 0 Å². The van der Waals surface area contributed by atoms with Gasteiger partial charge < -0.3 is 15.5 Å². The third-order valence-electron chi connectivity index (χ3n) is 2.64. The van der Waals surface area contributed by atoms with Gasteiger partial charge in [-0.2, -0.15) is 0 Å². The van der Waals surface area contributed by atoms with Gasteiger partial charge in [-0.1, -0.05) is 0 Å². The van der Waals surface area contributed by atoms with Gasteiger partial charge in [-0.05, 0) is 45.1 Å². The molecule has 2 aliphatic rings. The van der Waals surface area contributed by atoms with E-state index in [0.717, 1.165) is 11.7 Å². The molecule has 2 N–H and O–H groups in total. The van der Waals surface area contributed by atoms with Crippen molar-refractivity contribution in [2.75, 3.05) is 20.1 Å². The van der Waals surface area contributed by atoms with Crippen LogP contribution >= 0.6 is 12.2 Å². The van der Waals surface area contributed by atoms with Gasteiger partial charge in [0.15, 0.2) is 5.11 Å². The van der Waals surface area contributed by atoms with E-state index in [-0.39, 0.29) is 0 Å². The molecule has 0 aromatic rings. The fourth-order valence-electron chi connectivity index (χ4n) is 1.69. The van der Waals surface area contributed by atoms with Crippen molar-refractivity contribution in [2.45, 2.75) is 31.3 Å². The van der Waals surface area contributed by atoms with Crippen LogP contribution < -0.4 is 10.6 Å². The first kappa shape index (κ1) is 9.21. The molecule has 0 aromatic heterocycles. The van der Waals surface area contributed by atoms with Crippen molar-refractivity contribution in [1.82, 2.24) is 15.5 Å². The maximum Gasteiger partial charge on any atom is 0.166 e. The summed E-state index contributed by atoms with van der Waals surface area (Å²) >= 11 is 5.20. The Labute approximate surface area is 84.9 Å². The lowest BCUT2D eigenvalue weighted by Crippen LogP contribution is -2.43. The average Bonchev–Trinajstić information content (AvgIpc) is 2.76. The number of thiocarbonyl (C=S) groups is 1. The Hall–Kier alpha value is -0.350. The molecule has 74 valence electrons. The second-order valence-corrected chi connectivity index (χ2v) is 4.55. The van der Waals surface area contributed by atoms with Crippen LogP contribution in [-0.4, -0.2) is 42.2 Å². The summed E-state index contributed by atoms with van der Waals surface area (Å²) in [6, 6.07) is 1.22. The molecule has 2 rings (SSSR count).